The number of ether oxygens (including phenoxy) is 2. The minimum Gasteiger partial charge on any atom is -0.444 e. The van der Waals surface area contributed by atoms with Gasteiger partial charge in [0, 0.05) is 6.54 Å². The Hall–Kier alpha value is -3.09. The molecule has 1 aliphatic heterocycles. The van der Waals surface area contributed by atoms with E-state index in [4.69, 9.17) is 9.47 Å². The molecule has 1 fully saturated rings. The smallest absolute Gasteiger partial charge is 0.410 e. The van der Waals surface area contributed by atoms with E-state index in [1.54, 1.807) is 26.8 Å². The molecule has 196 valence electrons. The average molecular weight is 526 g/mol. The fraction of sp³-hybridized carbons (Fsp3) is 0.417. The molecule has 1 heterocycles. The third kappa shape index (κ3) is 7.45. The van der Waals surface area contributed by atoms with E-state index in [-0.39, 0.29) is 25.3 Å². The van der Waals surface area contributed by atoms with Crippen LogP contribution in [-0.2, 0) is 19.5 Å². The summed E-state index contributed by atoms with van der Waals surface area (Å²) in [4.78, 5) is 28.2. The predicted octanol–water partition coefficient (Wildman–Crippen LogP) is 3.14. The number of sulfonamides is 1. The predicted molar refractivity (Wildman–Crippen MR) is 128 cm³/mol. The van der Waals surface area contributed by atoms with Crippen molar-refractivity contribution in [3.63, 3.8) is 0 Å². The van der Waals surface area contributed by atoms with E-state index in [9.17, 15) is 26.8 Å². The van der Waals surface area contributed by atoms with Gasteiger partial charge in [0.1, 0.15) is 17.2 Å². The van der Waals surface area contributed by atoms with Crippen LogP contribution in [0.2, 0.25) is 0 Å². The Morgan fingerprint density at radius 1 is 1.17 bits per heavy atom. The van der Waals surface area contributed by atoms with Crippen LogP contribution in [0.15, 0.2) is 36.4 Å². The lowest BCUT2D eigenvalue weighted by Gasteiger charge is -2.34. The van der Waals surface area contributed by atoms with E-state index in [2.05, 4.69) is 0 Å². The van der Waals surface area contributed by atoms with Crippen molar-refractivity contribution in [1.29, 1.82) is 0 Å². The van der Waals surface area contributed by atoms with E-state index >= 15 is 0 Å². The molecule has 9 nitrogen and oxygen atoms in total. The highest BCUT2D eigenvalue weighted by Gasteiger charge is 2.31. The third-order valence-electron chi connectivity index (χ3n) is 5.17. The van der Waals surface area contributed by atoms with Gasteiger partial charge in [0.2, 0.25) is 10.0 Å². The molecular weight excluding hydrogens is 496 g/mol. The maximum atomic E-state index is 14.7. The SMILES string of the molecule is Cc1cc(-c2cccc(F)c2)cc(C(=O)NNS(=O)(=O)CC2CN(C(=O)OC(C)(C)C)CCO2)c1F. The van der Waals surface area contributed by atoms with Crippen LogP contribution in [0.4, 0.5) is 13.6 Å². The fourth-order valence-corrected chi connectivity index (χ4v) is 4.58. The Morgan fingerprint density at radius 2 is 1.89 bits per heavy atom. The molecule has 12 heteroatoms. The number of aryl methyl sites for hydroxylation is 1. The number of hydrogen-bond donors (Lipinski definition) is 2. The van der Waals surface area contributed by atoms with Gasteiger partial charge in [0.25, 0.3) is 5.91 Å². The maximum absolute atomic E-state index is 14.7. The van der Waals surface area contributed by atoms with Crippen molar-refractivity contribution >= 4 is 22.0 Å². The van der Waals surface area contributed by atoms with E-state index in [1.165, 1.54) is 42.2 Å². The highest BCUT2D eigenvalue weighted by Crippen LogP contribution is 2.25. The summed E-state index contributed by atoms with van der Waals surface area (Å²) in [5.74, 6) is -2.92. The molecule has 0 radical (unpaired) electrons. The summed E-state index contributed by atoms with van der Waals surface area (Å²) in [6, 6.07) is 8.25. The van der Waals surface area contributed by atoms with Crippen LogP contribution in [0, 0.1) is 18.6 Å². The number of nitrogens with zero attached hydrogens (tertiary/aromatic N) is 1. The van der Waals surface area contributed by atoms with Gasteiger partial charge >= 0.3 is 6.09 Å². The summed E-state index contributed by atoms with van der Waals surface area (Å²) in [7, 11) is -4.12. The van der Waals surface area contributed by atoms with Crippen LogP contribution in [0.5, 0.6) is 0 Å². The number of rotatable bonds is 6. The Balaban J connectivity index is 1.65. The zero-order valence-electron chi connectivity index (χ0n) is 20.4. The third-order valence-corrected chi connectivity index (χ3v) is 6.40. The molecule has 36 heavy (non-hydrogen) atoms. The highest BCUT2D eigenvalue weighted by molar-refractivity contribution is 7.89. The summed E-state index contributed by atoms with van der Waals surface area (Å²) < 4.78 is 64.1. The second kappa shape index (κ2) is 10.9. The van der Waals surface area contributed by atoms with Crippen molar-refractivity contribution < 1.29 is 36.3 Å². The maximum Gasteiger partial charge on any atom is 0.410 e. The molecule has 0 spiro atoms. The van der Waals surface area contributed by atoms with Gasteiger partial charge in [-0.3, -0.25) is 10.2 Å². The normalized spacial score (nSPS) is 16.5. The molecule has 1 saturated heterocycles. The molecule has 2 N–H and O–H groups in total. The van der Waals surface area contributed by atoms with E-state index in [0.29, 0.717) is 11.1 Å². The minimum atomic E-state index is -4.12. The van der Waals surface area contributed by atoms with Gasteiger partial charge in [0.05, 0.1) is 30.6 Å². The molecule has 2 aromatic rings. The number of carbonyl (C=O) groups is 2. The van der Waals surface area contributed by atoms with Crippen LogP contribution in [0.25, 0.3) is 11.1 Å². The summed E-state index contributed by atoms with van der Waals surface area (Å²) in [6.07, 6.45) is -1.45. The quantitative estimate of drug-likeness (QED) is 0.561. The number of morpholine rings is 1. The lowest BCUT2D eigenvalue weighted by atomic mass is 9.99. The fourth-order valence-electron chi connectivity index (χ4n) is 3.56. The molecule has 1 aliphatic rings. The first-order valence-electron chi connectivity index (χ1n) is 11.2. The van der Waals surface area contributed by atoms with E-state index in [0.717, 1.165) is 0 Å². The number of carbonyl (C=O) groups excluding carboxylic acids is 2. The number of halogens is 2. The second-order valence-electron chi connectivity index (χ2n) is 9.42. The molecule has 1 atom stereocenters. The molecule has 1 unspecified atom stereocenters. The van der Waals surface area contributed by atoms with Crippen molar-refractivity contribution in [2.45, 2.75) is 39.4 Å². The lowest BCUT2D eigenvalue weighted by Crippen LogP contribution is -2.51. The van der Waals surface area contributed by atoms with Gasteiger partial charge in [-0.15, -0.1) is 4.83 Å². The van der Waals surface area contributed by atoms with Crippen molar-refractivity contribution in [2.24, 2.45) is 0 Å². The van der Waals surface area contributed by atoms with Crippen LogP contribution in [0.1, 0.15) is 36.7 Å². The van der Waals surface area contributed by atoms with Gasteiger partial charge in [-0.25, -0.2) is 22.0 Å². The second-order valence-corrected chi connectivity index (χ2v) is 11.2. The highest BCUT2D eigenvalue weighted by atomic mass is 32.2. The molecule has 3 rings (SSSR count). The average Bonchev–Trinajstić information content (AvgIpc) is 2.78. The summed E-state index contributed by atoms with van der Waals surface area (Å²) >= 11 is 0. The van der Waals surface area contributed by atoms with Crippen molar-refractivity contribution in [1.82, 2.24) is 15.2 Å². The molecule has 2 amide bonds. The van der Waals surface area contributed by atoms with Gasteiger partial charge in [-0.05, 0) is 68.7 Å². The van der Waals surface area contributed by atoms with Gasteiger partial charge in [-0.2, -0.15) is 0 Å². The summed E-state index contributed by atoms with van der Waals surface area (Å²) in [5, 5.41) is 0. The van der Waals surface area contributed by atoms with Crippen molar-refractivity contribution in [2.75, 3.05) is 25.4 Å². The number of nitrogens with one attached hydrogen (secondary N) is 2. The number of hydrogen-bond acceptors (Lipinski definition) is 6. The zero-order valence-corrected chi connectivity index (χ0v) is 21.2. The van der Waals surface area contributed by atoms with E-state index < -0.39 is 56.7 Å². The molecule has 0 saturated carbocycles. The van der Waals surface area contributed by atoms with Crippen LogP contribution >= 0.6 is 0 Å². The molecule has 0 bridgehead atoms. The van der Waals surface area contributed by atoms with Crippen LogP contribution < -0.4 is 10.3 Å². The van der Waals surface area contributed by atoms with Crippen molar-refractivity contribution in [3.8, 4) is 11.1 Å². The topological polar surface area (TPSA) is 114 Å². The molecule has 0 aromatic heterocycles. The molecular formula is C24H29F2N3O6S. The Labute approximate surface area is 208 Å². The summed E-state index contributed by atoms with van der Waals surface area (Å²) in [5.41, 5.74) is 1.82. The Morgan fingerprint density at radius 3 is 2.56 bits per heavy atom. The zero-order chi connectivity index (χ0) is 26.7. The monoisotopic (exact) mass is 525 g/mol. The first-order valence-corrected chi connectivity index (χ1v) is 12.8. The van der Waals surface area contributed by atoms with Gasteiger partial charge in [0.15, 0.2) is 0 Å². The van der Waals surface area contributed by atoms with Gasteiger partial charge < -0.3 is 14.4 Å². The number of benzene rings is 2. The Kier molecular flexibility index (Phi) is 8.32. The van der Waals surface area contributed by atoms with Crippen molar-refractivity contribution in [3.05, 3.63) is 59.2 Å². The van der Waals surface area contributed by atoms with Crippen LogP contribution in [0.3, 0.4) is 0 Å². The minimum absolute atomic E-state index is 0.0206. The first-order chi connectivity index (χ1) is 16.7. The molecule has 2 aromatic carbocycles. The summed E-state index contributed by atoms with van der Waals surface area (Å²) in [6.45, 7) is 6.94. The first kappa shape index (κ1) is 27.5. The standard InChI is InChI=1S/C24H29F2N3O6S/c1-15-10-17(16-6-5-7-18(25)11-16)12-20(21(15)26)22(30)27-28-36(32,33)14-19-13-29(8-9-34-19)23(31)35-24(2,3)4/h5-7,10-12,19,28H,8-9,13-14H2,1-4H3,(H,27,30). The number of amides is 2. The molecule has 0 aliphatic carbocycles. The largest absolute Gasteiger partial charge is 0.444 e. The Bertz CT molecular complexity index is 1250. The lowest BCUT2D eigenvalue weighted by molar-refractivity contribution is -0.0343. The van der Waals surface area contributed by atoms with Gasteiger partial charge in [-0.1, -0.05) is 12.1 Å². The number of hydrazine groups is 1. The van der Waals surface area contributed by atoms with Crippen LogP contribution in [-0.4, -0.2) is 62.5 Å². The van der Waals surface area contributed by atoms with E-state index in [1.807, 2.05) is 10.3 Å².